The zero-order valence-electron chi connectivity index (χ0n) is 19.4. The third-order valence-corrected chi connectivity index (χ3v) is 6.77. The zero-order valence-corrected chi connectivity index (χ0v) is 20.2. The first-order valence-electron chi connectivity index (χ1n) is 11.2. The first-order chi connectivity index (χ1) is 17.7. The van der Waals surface area contributed by atoms with E-state index in [1.54, 1.807) is 0 Å². The van der Waals surface area contributed by atoms with Crippen LogP contribution in [0.5, 0.6) is 0 Å². The number of carboxylic acids is 1. The van der Waals surface area contributed by atoms with Crippen LogP contribution < -0.4 is 5.73 Å². The molecular weight excluding hydrogens is 550 g/mol. The maximum Gasteiger partial charge on any atom is 0.397 e. The van der Waals surface area contributed by atoms with Gasteiger partial charge >= 0.3 is 16.4 Å². The fraction of sp³-hybridized carbons (Fsp3) is 0.944. The number of aliphatic hydroxyl groups excluding tert-OH is 7. The summed E-state index contributed by atoms with van der Waals surface area (Å²) in [6.07, 6.45) is -23.4. The minimum absolute atomic E-state index is 0.721. The number of hydrogen-bond acceptors (Lipinski definition) is 17. The van der Waals surface area contributed by atoms with Crippen molar-refractivity contribution in [3.8, 4) is 0 Å². The van der Waals surface area contributed by atoms with Crippen molar-refractivity contribution in [2.45, 2.75) is 85.8 Å². The lowest BCUT2D eigenvalue weighted by Gasteiger charge is -2.46. The lowest BCUT2D eigenvalue weighted by molar-refractivity contribution is -0.344. The lowest BCUT2D eigenvalue weighted by atomic mass is 9.96. The van der Waals surface area contributed by atoms with Gasteiger partial charge in [0.2, 0.25) is 0 Å². The Kier molecular flexibility index (Phi) is 10.4. The average Bonchev–Trinajstić information content (AvgIpc) is 3.16. The molecule has 0 aromatic heterocycles. The Morgan fingerprint density at radius 3 is 1.82 bits per heavy atom. The number of hydrogen-bond donors (Lipinski definition) is 10. The molecule has 0 radical (unpaired) electrons. The Morgan fingerprint density at radius 2 is 1.29 bits per heavy atom. The monoisotopic (exact) mass is 581 g/mol. The highest BCUT2D eigenvalue weighted by Crippen LogP contribution is 2.34. The first-order valence-corrected chi connectivity index (χ1v) is 12.6. The van der Waals surface area contributed by atoms with Crippen LogP contribution in [-0.4, -0.2) is 165 Å². The second-order valence-electron chi connectivity index (χ2n) is 8.80. The topological polar surface area (TPSA) is 315 Å². The van der Waals surface area contributed by atoms with E-state index in [1.165, 1.54) is 0 Å². The highest BCUT2D eigenvalue weighted by molar-refractivity contribution is 7.80. The van der Waals surface area contributed by atoms with Gasteiger partial charge in [-0.1, -0.05) is 0 Å². The van der Waals surface area contributed by atoms with E-state index in [2.05, 4.69) is 4.18 Å². The Balaban J connectivity index is 1.90. The van der Waals surface area contributed by atoms with Crippen LogP contribution in [-0.2, 0) is 43.1 Å². The molecule has 0 unspecified atom stereocenters. The molecule has 20 heteroatoms. The Hall–Kier alpha value is -1.18. The lowest BCUT2D eigenvalue weighted by Crippen LogP contribution is -2.67. The smallest absolute Gasteiger partial charge is 0.397 e. The van der Waals surface area contributed by atoms with Crippen molar-refractivity contribution in [2.24, 2.45) is 5.73 Å². The maximum absolute atomic E-state index is 12.0. The first kappa shape index (κ1) is 31.3. The van der Waals surface area contributed by atoms with Crippen LogP contribution in [0.2, 0.25) is 0 Å². The highest BCUT2D eigenvalue weighted by Gasteiger charge is 2.56. The van der Waals surface area contributed by atoms with E-state index in [4.69, 9.17) is 29.4 Å². The van der Waals surface area contributed by atoms with E-state index in [1.807, 2.05) is 0 Å². The van der Waals surface area contributed by atoms with Gasteiger partial charge in [0.25, 0.3) is 0 Å². The normalized spacial score (nSPS) is 46.2. The van der Waals surface area contributed by atoms with Gasteiger partial charge in [-0.3, -0.25) is 4.55 Å². The predicted octanol–water partition coefficient (Wildman–Crippen LogP) is -7.01. The summed E-state index contributed by atoms with van der Waals surface area (Å²) in [5.74, 6) is -1.80. The molecule has 38 heavy (non-hydrogen) atoms. The van der Waals surface area contributed by atoms with Crippen molar-refractivity contribution in [3.63, 3.8) is 0 Å². The number of nitrogens with two attached hydrogens (primary N) is 1. The van der Waals surface area contributed by atoms with Crippen LogP contribution in [0.4, 0.5) is 0 Å². The van der Waals surface area contributed by atoms with Gasteiger partial charge in [-0.25, -0.2) is 8.98 Å². The third kappa shape index (κ3) is 6.58. The molecular formula is C18H31NO18S. The molecule has 222 valence electrons. The van der Waals surface area contributed by atoms with E-state index in [0.29, 0.717) is 0 Å². The van der Waals surface area contributed by atoms with Crippen molar-refractivity contribution in [1.29, 1.82) is 0 Å². The molecule has 0 aliphatic carbocycles. The van der Waals surface area contributed by atoms with Crippen molar-refractivity contribution in [3.05, 3.63) is 0 Å². The molecule has 3 fully saturated rings. The molecule has 0 amide bonds. The SMILES string of the molecule is N[C@H]1[C@@H](O[C@H]2[C@H](O)[C@@H](OS(=O)(=O)O)[C@H](O[C@H]3[C@H](O)[C@@H](CO)O[C@@H]3CO)O[C@H]2C(=O)O)O[C@H](CO)[C@@H](O)[C@@H]1O. The molecule has 0 aromatic rings. The van der Waals surface area contributed by atoms with Gasteiger partial charge in [-0.2, -0.15) is 8.42 Å². The van der Waals surface area contributed by atoms with Crippen molar-refractivity contribution < 1.29 is 86.5 Å². The maximum atomic E-state index is 12.0. The summed E-state index contributed by atoms with van der Waals surface area (Å²) in [6.45, 7) is -2.32. The molecule has 3 rings (SSSR count). The zero-order chi connectivity index (χ0) is 28.5. The fourth-order valence-electron chi connectivity index (χ4n) is 4.34. The second-order valence-corrected chi connectivity index (χ2v) is 9.84. The Labute approximate surface area is 214 Å². The van der Waals surface area contributed by atoms with Crippen LogP contribution in [0.3, 0.4) is 0 Å². The molecule has 14 atom stereocenters. The van der Waals surface area contributed by atoms with Gasteiger partial charge < -0.3 is 70.3 Å². The van der Waals surface area contributed by atoms with Crippen molar-refractivity contribution >= 4 is 16.4 Å². The summed E-state index contributed by atoms with van der Waals surface area (Å²) >= 11 is 0. The largest absolute Gasteiger partial charge is 0.479 e. The minimum atomic E-state index is -5.37. The molecule has 19 nitrogen and oxygen atoms in total. The molecule has 0 spiro atoms. The number of aliphatic hydroxyl groups is 7. The van der Waals surface area contributed by atoms with Gasteiger partial charge in [0.15, 0.2) is 24.8 Å². The Morgan fingerprint density at radius 1 is 0.737 bits per heavy atom. The van der Waals surface area contributed by atoms with Crippen LogP contribution >= 0.6 is 0 Å². The summed E-state index contributed by atoms with van der Waals surface area (Å²) in [7, 11) is -5.37. The number of carbonyl (C=O) groups is 1. The summed E-state index contributed by atoms with van der Waals surface area (Å²) < 4.78 is 63.2. The molecule has 3 aliphatic heterocycles. The van der Waals surface area contributed by atoms with Crippen LogP contribution in [0.25, 0.3) is 0 Å². The summed E-state index contributed by atoms with van der Waals surface area (Å²) in [6, 6.07) is -1.56. The summed E-state index contributed by atoms with van der Waals surface area (Å²) in [4.78, 5) is 12.0. The van der Waals surface area contributed by atoms with Crippen LogP contribution in [0.15, 0.2) is 0 Å². The molecule has 3 heterocycles. The molecule has 0 aromatic carbocycles. The summed E-state index contributed by atoms with van der Waals surface area (Å²) in [5.41, 5.74) is 5.77. The van der Waals surface area contributed by atoms with Gasteiger partial charge in [0.05, 0.1) is 25.9 Å². The molecule has 11 N–H and O–H groups in total. The fourth-order valence-corrected chi connectivity index (χ4v) is 4.83. The van der Waals surface area contributed by atoms with E-state index in [-0.39, 0.29) is 0 Å². The van der Waals surface area contributed by atoms with E-state index >= 15 is 0 Å². The van der Waals surface area contributed by atoms with E-state index < -0.39 is 122 Å². The van der Waals surface area contributed by atoms with E-state index in [9.17, 15) is 58.6 Å². The van der Waals surface area contributed by atoms with Gasteiger partial charge in [-0.05, 0) is 0 Å². The molecule has 0 saturated carbocycles. The standard InChI is InChI=1S/C18H31NO18S/c19-7-10(25)8(23)4(1-20)33-17(7)35-13-11(26)14(37-38(29,30)31)18(36-15(13)16(27)28)34-12-6(3-22)32-5(2-21)9(12)24/h4-15,17-18,20-26H,1-3,19H2,(H,27,28)(H,29,30,31)/t4-,5-,6-,7-,8-,9-,10-,11+,12-,13+,14-,15-,17-,18-/m1/s1. The quantitative estimate of drug-likeness (QED) is 0.107. The number of ether oxygens (including phenoxy) is 5. The summed E-state index contributed by atoms with van der Waals surface area (Å²) in [5, 5.41) is 79.2. The molecule has 0 bridgehead atoms. The van der Waals surface area contributed by atoms with Gasteiger partial charge in [0.1, 0.15) is 54.9 Å². The molecule has 3 saturated heterocycles. The predicted molar refractivity (Wildman–Crippen MR) is 113 cm³/mol. The minimum Gasteiger partial charge on any atom is -0.479 e. The van der Waals surface area contributed by atoms with Gasteiger partial charge in [0, 0.05) is 0 Å². The molecule has 3 aliphatic rings. The second kappa shape index (κ2) is 12.6. The number of aliphatic carboxylic acids is 1. The Bertz CT molecular complexity index is 904. The van der Waals surface area contributed by atoms with Crippen LogP contribution in [0.1, 0.15) is 0 Å². The van der Waals surface area contributed by atoms with Crippen molar-refractivity contribution in [2.75, 3.05) is 19.8 Å². The van der Waals surface area contributed by atoms with Crippen molar-refractivity contribution in [1.82, 2.24) is 0 Å². The number of rotatable bonds is 10. The van der Waals surface area contributed by atoms with Crippen LogP contribution in [0, 0.1) is 0 Å². The number of carboxylic acid groups (broad SMARTS) is 1. The van der Waals surface area contributed by atoms with Gasteiger partial charge in [-0.15, -0.1) is 0 Å². The third-order valence-electron chi connectivity index (χ3n) is 6.30. The highest BCUT2D eigenvalue weighted by atomic mass is 32.3. The van der Waals surface area contributed by atoms with E-state index in [0.717, 1.165) is 0 Å². The average molecular weight is 582 g/mol.